The van der Waals surface area contributed by atoms with E-state index in [1.807, 2.05) is 0 Å². The molecule has 4 nitrogen and oxygen atoms in total. The molecular formula is C6H15NO3. The lowest BCUT2D eigenvalue weighted by atomic mass is 10.3. The molecule has 1 atom stereocenters. The van der Waals surface area contributed by atoms with Crippen LogP contribution < -0.4 is 5.73 Å². The molecule has 0 aromatic carbocycles. The van der Waals surface area contributed by atoms with Gasteiger partial charge in [0.2, 0.25) is 0 Å². The average molecular weight is 149 g/mol. The van der Waals surface area contributed by atoms with E-state index < -0.39 is 5.91 Å². The number of hydrogen-bond acceptors (Lipinski definition) is 4. The zero-order chi connectivity index (χ0) is 8.20. The van der Waals surface area contributed by atoms with Crippen LogP contribution in [0.1, 0.15) is 6.92 Å². The Bertz CT molecular complexity index is 93.0. The van der Waals surface area contributed by atoms with Crippen molar-refractivity contribution in [2.75, 3.05) is 21.3 Å². The molecule has 0 amide bonds. The summed E-state index contributed by atoms with van der Waals surface area (Å²) in [5.41, 5.74) is 5.58. The normalized spacial score (nSPS) is 15.3. The lowest BCUT2D eigenvalue weighted by molar-refractivity contribution is -0.256. The molecule has 62 valence electrons. The van der Waals surface area contributed by atoms with Crippen molar-refractivity contribution >= 4 is 0 Å². The van der Waals surface area contributed by atoms with Gasteiger partial charge in [0.1, 0.15) is 6.10 Å². The van der Waals surface area contributed by atoms with Gasteiger partial charge in [0.25, 0.3) is 5.91 Å². The number of ether oxygens (including phenoxy) is 3. The minimum atomic E-state index is -1.13. The highest BCUT2D eigenvalue weighted by molar-refractivity contribution is 4.67. The first-order valence-electron chi connectivity index (χ1n) is 3.02. The quantitative estimate of drug-likeness (QED) is 0.568. The van der Waals surface area contributed by atoms with Crippen molar-refractivity contribution in [3.05, 3.63) is 0 Å². The third kappa shape index (κ3) is 1.91. The average Bonchev–Trinajstić information content (AvgIpc) is 2.01. The highest BCUT2D eigenvalue weighted by Gasteiger charge is 2.31. The molecule has 0 aliphatic carbocycles. The maximum atomic E-state index is 5.58. The molecule has 0 aromatic heterocycles. The smallest absolute Gasteiger partial charge is 0.251 e. The summed E-state index contributed by atoms with van der Waals surface area (Å²) in [7, 11) is 4.49. The monoisotopic (exact) mass is 149 g/mol. The summed E-state index contributed by atoms with van der Waals surface area (Å²) in [6.07, 6.45) is -0.289. The molecule has 1 unspecified atom stereocenters. The summed E-state index contributed by atoms with van der Waals surface area (Å²) in [5, 5.41) is 0. The molecule has 0 aromatic rings. The molecule has 0 spiro atoms. The minimum absolute atomic E-state index is 0.289. The van der Waals surface area contributed by atoms with Gasteiger partial charge in [0.05, 0.1) is 0 Å². The van der Waals surface area contributed by atoms with Crippen LogP contribution in [-0.4, -0.2) is 33.3 Å². The Morgan fingerprint density at radius 3 is 1.70 bits per heavy atom. The van der Waals surface area contributed by atoms with Gasteiger partial charge in [-0.25, -0.2) is 0 Å². The van der Waals surface area contributed by atoms with Crippen molar-refractivity contribution in [1.29, 1.82) is 0 Å². The molecule has 0 fully saturated rings. The summed E-state index contributed by atoms with van der Waals surface area (Å²) in [6, 6.07) is 0. The summed E-state index contributed by atoms with van der Waals surface area (Å²) in [5.74, 6) is -1.13. The van der Waals surface area contributed by atoms with Gasteiger partial charge in [0.15, 0.2) is 0 Å². The van der Waals surface area contributed by atoms with Crippen LogP contribution in [0.25, 0.3) is 0 Å². The second-order valence-corrected chi connectivity index (χ2v) is 2.01. The lowest BCUT2D eigenvalue weighted by Crippen LogP contribution is -2.53. The third-order valence-electron chi connectivity index (χ3n) is 1.56. The van der Waals surface area contributed by atoms with E-state index in [2.05, 4.69) is 0 Å². The van der Waals surface area contributed by atoms with Crippen LogP contribution in [0.3, 0.4) is 0 Å². The SMILES string of the molecule is COC(C)C(N)(OC)OC. The summed E-state index contributed by atoms with van der Waals surface area (Å²) in [4.78, 5) is 0. The highest BCUT2D eigenvalue weighted by atomic mass is 16.7. The van der Waals surface area contributed by atoms with E-state index in [0.29, 0.717) is 0 Å². The lowest BCUT2D eigenvalue weighted by Gasteiger charge is -2.30. The second kappa shape index (κ2) is 3.88. The molecule has 0 aliphatic rings. The second-order valence-electron chi connectivity index (χ2n) is 2.01. The van der Waals surface area contributed by atoms with Gasteiger partial charge in [-0.3, -0.25) is 5.73 Å². The van der Waals surface area contributed by atoms with Gasteiger partial charge < -0.3 is 14.2 Å². The molecule has 2 N–H and O–H groups in total. The van der Waals surface area contributed by atoms with Crippen LogP contribution in [0.4, 0.5) is 0 Å². The van der Waals surface area contributed by atoms with E-state index >= 15 is 0 Å². The molecule has 0 aliphatic heterocycles. The predicted octanol–water partition coefficient (Wildman–Crippen LogP) is -0.0734. The summed E-state index contributed by atoms with van der Waals surface area (Å²) in [6.45, 7) is 1.77. The van der Waals surface area contributed by atoms with Crippen molar-refractivity contribution in [1.82, 2.24) is 0 Å². The summed E-state index contributed by atoms with van der Waals surface area (Å²) >= 11 is 0. The molecule has 0 radical (unpaired) electrons. The van der Waals surface area contributed by atoms with Crippen molar-refractivity contribution in [2.45, 2.75) is 18.9 Å². The molecule has 0 saturated carbocycles. The third-order valence-corrected chi connectivity index (χ3v) is 1.56. The van der Waals surface area contributed by atoms with Crippen LogP contribution in [-0.2, 0) is 14.2 Å². The Balaban J connectivity index is 4.02. The first kappa shape index (κ1) is 9.84. The van der Waals surface area contributed by atoms with Gasteiger partial charge >= 0.3 is 0 Å². The van der Waals surface area contributed by atoms with Gasteiger partial charge in [-0.05, 0) is 6.92 Å². The van der Waals surface area contributed by atoms with Crippen LogP contribution >= 0.6 is 0 Å². The van der Waals surface area contributed by atoms with Crippen LogP contribution in [0, 0.1) is 0 Å². The molecule has 0 saturated heterocycles. The van der Waals surface area contributed by atoms with E-state index in [-0.39, 0.29) is 6.10 Å². The fourth-order valence-electron chi connectivity index (χ4n) is 0.580. The number of methoxy groups -OCH3 is 3. The standard InChI is InChI=1S/C6H15NO3/c1-5(8-2)6(7,9-3)10-4/h5H,7H2,1-4H3. The Hall–Kier alpha value is -0.160. The van der Waals surface area contributed by atoms with Crippen molar-refractivity contribution in [2.24, 2.45) is 5.73 Å². The summed E-state index contributed by atoms with van der Waals surface area (Å²) < 4.78 is 14.7. The molecule has 0 bridgehead atoms. The first-order valence-corrected chi connectivity index (χ1v) is 3.02. The zero-order valence-corrected chi connectivity index (χ0v) is 6.88. The van der Waals surface area contributed by atoms with Crippen molar-refractivity contribution in [3.8, 4) is 0 Å². The Morgan fingerprint density at radius 2 is 1.60 bits per heavy atom. The largest absolute Gasteiger partial charge is 0.375 e. The fraction of sp³-hybridized carbons (Fsp3) is 1.00. The van der Waals surface area contributed by atoms with Gasteiger partial charge in [-0.1, -0.05) is 0 Å². The maximum Gasteiger partial charge on any atom is 0.251 e. The molecule has 4 heteroatoms. The topological polar surface area (TPSA) is 53.7 Å². The first-order chi connectivity index (χ1) is 4.60. The molecule has 0 heterocycles. The van der Waals surface area contributed by atoms with Crippen LogP contribution in [0.2, 0.25) is 0 Å². The van der Waals surface area contributed by atoms with Crippen molar-refractivity contribution in [3.63, 3.8) is 0 Å². The minimum Gasteiger partial charge on any atom is -0.375 e. The Morgan fingerprint density at radius 1 is 1.20 bits per heavy atom. The molecule has 0 rings (SSSR count). The Kier molecular flexibility index (Phi) is 3.81. The van der Waals surface area contributed by atoms with E-state index in [0.717, 1.165) is 0 Å². The van der Waals surface area contributed by atoms with E-state index in [1.54, 1.807) is 14.0 Å². The number of hydrogen-bond donors (Lipinski definition) is 1. The molecule has 10 heavy (non-hydrogen) atoms. The molecular weight excluding hydrogens is 134 g/mol. The predicted molar refractivity (Wildman–Crippen MR) is 37.4 cm³/mol. The maximum absolute atomic E-state index is 5.58. The fourth-order valence-corrected chi connectivity index (χ4v) is 0.580. The zero-order valence-electron chi connectivity index (χ0n) is 6.88. The number of nitrogens with two attached hydrogens (primary N) is 1. The van der Waals surface area contributed by atoms with E-state index in [9.17, 15) is 0 Å². The van der Waals surface area contributed by atoms with Gasteiger partial charge in [-0.15, -0.1) is 0 Å². The van der Waals surface area contributed by atoms with Crippen LogP contribution in [0.5, 0.6) is 0 Å². The highest BCUT2D eigenvalue weighted by Crippen LogP contribution is 2.10. The van der Waals surface area contributed by atoms with E-state index in [1.165, 1.54) is 14.2 Å². The Labute approximate surface area is 61.2 Å². The van der Waals surface area contributed by atoms with Gasteiger partial charge in [0, 0.05) is 21.3 Å². The van der Waals surface area contributed by atoms with Gasteiger partial charge in [-0.2, -0.15) is 0 Å². The van der Waals surface area contributed by atoms with E-state index in [4.69, 9.17) is 19.9 Å². The van der Waals surface area contributed by atoms with Crippen molar-refractivity contribution < 1.29 is 14.2 Å². The van der Waals surface area contributed by atoms with Crippen LogP contribution in [0.15, 0.2) is 0 Å². The number of rotatable bonds is 4.